The Morgan fingerprint density at radius 1 is 0.889 bits per heavy atom. The molecule has 0 atom stereocenters. The van der Waals surface area contributed by atoms with Crippen molar-refractivity contribution in [1.29, 1.82) is 0 Å². The topological polar surface area (TPSA) is 49.8 Å². The molecule has 0 saturated carbocycles. The number of carbonyl (C=O) groups is 1. The summed E-state index contributed by atoms with van der Waals surface area (Å²) in [6.07, 6.45) is -4.76. The summed E-state index contributed by atoms with van der Waals surface area (Å²) in [4.78, 5) is 12.7. The van der Waals surface area contributed by atoms with Crippen molar-refractivity contribution in [2.45, 2.75) is 31.0 Å². The number of piperidine rings is 1. The molecule has 36 heavy (non-hydrogen) atoms. The van der Waals surface area contributed by atoms with Gasteiger partial charge in [0.25, 0.3) is 0 Å². The first kappa shape index (κ1) is 25.6. The van der Waals surface area contributed by atoms with Crippen molar-refractivity contribution in [2.24, 2.45) is 0 Å². The largest absolute Gasteiger partial charge is 0.465 e. The van der Waals surface area contributed by atoms with Crippen LogP contribution in [0, 0.1) is 11.6 Å². The van der Waals surface area contributed by atoms with Gasteiger partial charge in [-0.1, -0.05) is 24.3 Å². The molecule has 1 aliphatic rings. The van der Waals surface area contributed by atoms with Gasteiger partial charge >= 0.3 is 12.3 Å². The van der Waals surface area contributed by atoms with Crippen molar-refractivity contribution in [2.75, 3.05) is 19.7 Å². The summed E-state index contributed by atoms with van der Waals surface area (Å²) in [7, 11) is 0. The minimum Gasteiger partial charge on any atom is -0.465 e. The Morgan fingerprint density at radius 3 is 2.03 bits per heavy atom. The molecule has 3 aromatic rings. The number of rotatable bonds is 6. The molecule has 0 radical (unpaired) electrons. The molecule has 9 heteroatoms. The molecule has 4 rings (SSSR count). The smallest absolute Gasteiger partial charge is 0.416 e. The molecule has 0 aliphatic carbocycles. The second-order valence-electron chi connectivity index (χ2n) is 8.97. The van der Waals surface area contributed by atoms with Gasteiger partial charge in [0.15, 0.2) is 0 Å². The molecule has 0 spiro atoms. The van der Waals surface area contributed by atoms with E-state index in [4.69, 9.17) is 4.74 Å². The van der Waals surface area contributed by atoms with Crippen molar-refractivity contribution < 1.29 is 36.6 Å². The third-order valence-corrected chi connectivity index (χ3v) is 6.59. The highest BCUT2D eigenvalue weighted by Gasteiger charge is 2.38. The molecule has 1 N–H and O–H groups in total. The Labute approximate surface area is 204 Å². The average molecular weight is 505 g/mol. The van der Waals surface area contributed by atoms with E-state index in [9.17, 15) is 31.9 Å². The number of hydrogen-bond acceptors (Lipinski definition) is 2. The molecule has 4 nitrogen and oxygen atoms in total. The minimum atomic E-state index is -4.58. The number of carboxylic acid groups (broad SMARTS) is 1. The van der Waals surface area contributed by atoms with Crippen molar-refractivity contribution >= 4 is 6.09 Å². The molecule has 1 heterocycles. The number of nitrogens with zero attached hydrogens (tertiary/aromatic N) is 1. The zero-order valence-corrected chi connectivity index (χ0v) is 19.2. The van der Waals surface area contributed by atoms with Crippen molar-refractivity contribution in [3.8, 4) is 11.1 Å². The fraction of sp³-hybridized carbons (Fsp3) is 0.296. The van der Waals surface area contributed by atoms with Crippen LogP contribution in [0.4, 0.5) is 26.7 Å². The number of ether oxygens (including phenoxy) is 1. The van der Waals surface area contributed by atoms with Crippen LogP contribution in [-0.2, 0) is 22.9 Å². The van der Waals surface area contributed by atoms with E-state index in [0.29, 0.717) is 24.0 Å². The number of alkyl halides is 3. The van der Waals surface area contributed by atoms with Gasteiger partial charge in [-0.15, -0.1) is 0 Å². The molecular formula is C27H24F5NO3. The summed E-state index contributed by atoms with van der Waals surface area (Å²) < 4.78 is 73.5. The van der Waals surface area contributed by atoms with E-state index < -0.39 is 34.9 Å². The number of benzene rings is 3. The van der Waals surface area contributed by atoms with Gasteiger partial charge in [-0.3, -0.25) is 0 Å². The molecule has 190 valence electrons. The third kappa shape index (κ3) is 5.84. The van der Waals surface area contributed by atoms with Gasteiger partial charge in [0.2, 0.25) is 0 Å². The highest BCUT2D eigenvalue weighted by molar-refractivity contribution is 5.66. The lowest BCUT2D eigenvalue weighted by molar-refractivity contribution is -0.137. The van der Waals surface area contributed by atoms with Gasteiger partial charge in [-0.2, -0.15) is 13.2 Å². The Morgan fingerprint density at radius 2 is 1.47 bits per heavy atom. The molecular weight excluding hydrogens is 481 g/mol. The number of amides is 1. The van der Waals surface area contributed by atoms with Gasteiger partial charge in [0.1, 0.15) is 11.6 Å². The third-order valence-electron chi connectivity index (χ3n) is 6.59. The lowest BCUT2D eigenvalue weighted by atomic mass is 9.73. The second-order valence-corrected chi connectivity index (χ2v) is 8.97. The first-order chi connectivity index (χ1) is 17.1. The van der Waals surface area contributed by atoms with Crippen molar-refractivity contribution in [3.05, 3.63) is 95.1 Å². The maximum atomic E-state index is 13.6. The SMILES string of the molecule is O=C(O)N1CCC(COCc2cc(-c3ccc(F)cc3)cc(C(F)(F)F)c2)(c2ccc(F)cc2)CC1. The predicted molar refractivity (Wildman–Crippen MR) is 123 cm³/mol. The number of hydrogen-bond donors (Lipinski definition) is 1. The van der Waals surface area contributed by atoms with Gasteiger partial charge in [0.05, 0.1) is 18.8 Å². The standard InChI is InChI=1S/C27H24F5NO3/c28-23-5-1-19(2-6-23)20-13-18(14-22(15-20)27(30,31)32)16-36-17-26(21-3-7-24(29)8-4-21)9-11-33(12-10-26)25(34)35/h1-8,13-15H,9-12,16-17H2,(H,34,35). The number of halogens is 5. The Balaban J connectivity index is 1.57. The van der Waals surface area contributed by atoms with Gasteiger partial charge in [-0.05, 0) is 77.6 Å². The van der Waals surface area contributed by atoms with Crippen LogP contribution in [0.2, 0.25) is 0 Å². The van der Waals surface area contributed by atoms with E-state index in [0.717, 1.165) is 17.7 Å². The monoisotopic (exact) mass is 505 g/mol. The van der Waals surface area contributed by atoms with Crippen LogP contribution in [0.25, 0.3) is 11.1 Å². The molecule has 3 aromatic carbocycles. The Bertz CT molecular complexity index is 1200. The van der Waals surface area contributed by atoms with Crippen LogP contribution in [0.1, 0.15) is 29.5 Å². The van der Waals surface area contributed by atoms with E-state index >= 15 is 0 Å². The zero-order valence-electron chi connectivity index (χ0n) is 19.2. The minimum absolute atomic E-state index is 0.119. The van der Waals surface area contributed by atoms with E-state index in [1.165, 1.54) is 41.3 Å². The summed E-state index contributed by atoms with van der Waals surface area (Å²) in [5.74, 6) is -0.899. The van der Waals surface area contributed by atoms with Crippen LogP contribution in [0.3, 0.4) is 0 Å². The zero-order chi connectivity index (χ0) is 25.9. The maximum absolute atomic E-state index is 13.6. The molecule has 1 aliphatic heterocycles. The molecule has 1 saturated heterocycles. The van der Waals surface area contributed by atoms with E-state index in [2.05, 4.69) is 0 Å². The highest BCUT2D eigenvalue weighted by atomic mass is 19.4. The Kier molecular flexibility index (Phi) is 7.31. The van der Waals surface area contributed by atoms with Crippen LogP contribution in [-0.4, -0.2) is 35.8 Å². The fourth-order valence-electron chi connectivity index (χ4n) is 4.56. The molecule has 1 amide bonds. The quantitative estimate of drug-likeness (QED) is 0.372. The normalized spacial score (nSPS) is 15.6. The van der Waals surface area contributed by atoms with E-state index in [-0.39, 0.29) is 31.9 Å². The first-order valence-electron chi connectivity index (χ1n) is 11.3. The van der Waals surface area contributed by atoms with Crippen molar-refractivity contribution in [1.82, 2.24) is 4.90 Å². The van der Waals surface area contributed by atoms with Crippen LogP contribution in [0.15, 0.2) is 66.7 Å². The van der Waals surface area contributed by atoms with Crippen molar-refractivity contribution in [3.63, 3.8) is 0 Å². The highest BCUT2D eigenvalue weighted by Crippen LogP contribution is 2.37. The predicted octanol–water partition coefficient (Wildman–Crippen LogP) is 6.88. The lowest BCUT2D eigenvalue weighted by Crippen LogP contribution is -2.47. The Hall–Kier alpha value is -3.46. The van der Waals surface area contributed by atoms with Crippen LogP contribution < -0.4 is 0 Å². The molecule has 1 fully saturated rings. The molecule has 0 aromatic heterocycles. The summed E-state index contributed by atoms with van der Waals surface area (Å²) in [6, 6.07) is 14.7. The van der Waals surface area contributed by atoms with E-state index in [1.54, 1.807) is 18.2 Å². The fourth-order valence-corrected chi connectivity index (χ4v) is 4.56. The number of likely N-dealkylation sites (tertiary alicyclic amines) is 1. The van der Waals surface area contributed by atoms with E-state index in [1.807, 2.05) is 0 Å². The van der Waals surface area contributed by atoms with Gasteiger partial charge in [0, 0.05) is 18.5 Å². The summed E-state index contributed by atoms with van der Waals surface area (Å²) in [6.45, 7) is 0.514. The van der Waals surface area contributed by atoms with Crippen LogP contribution >= 0.6 is 0 Å². The molecule has 0 unspecified atom stereocenters. The first-order valence-corrected chi connectivity index (χ1v) is 11.3. The summed E-state index contributed by atoms with van der Waals surface area (Å²) in [5, 5.41) is 9.30. The van der Waals surface area contributed by atoms with Gasteiger partial charge in [-0.25, -0.2) is 13.6 Å². The lowest BCUT2D eigenvalue weighted by Gasteiger charge is -2.41. The average Bonchev–Trinajstić information content (AvgIpc) is 2.84. The summed E-state index contributed by atoms with van der Waals surface area (Å²) >= 11 is 0. The second kappa shape index (κ2) is 10.3. The summed E-state index contributed by atoms with van der Waals surface area (Å²) in [5.41, 5.74) is 0.345. The maximum Gasteiger partial charge on any atom is 0.416 e. The van der Waals surface area contributed by atoms with Gasteiger partial charge < -0.3 is 14.7 Å². The van der Waals surface area contributed by atoms with Crippen LogP contribution in [0.5, 0.6) is 0 Å². The molecule has 0 bridgehead atoms.